The number of hydrogen-bond acceptors (Lipinski definition) is 66. The quantitative estimate of drug-likeness (QED) is 0.0330. The maximum absolute atomic E-state index is 7.57. The third-order valence-corrected chi connectivity index (χ3v) is 1.76. The Bertz CT molecular complexity index is 704. The molecule has 0 atom stereocenters. The SMILES string of the molecule is OOOOOOOOOOOOOOOOOOOOOOOOOOOOOOOOOOOOOOOOOOOOOOOOOOOOOOOOOOOOOOOOOO. The van der Waals surface area contributed by atoms with Crippen molar-refractivity contribution in [3.05, 3.63) is 0 Å². The van der Waals surface area contributed by atoms with Crippen molar-refractivity contribution in [2.24, 2.45) is 0 Å². The lowest BCUT2D eigenvalue weighted by atomic mass is 14.0. The minimum Gasteiger partial charge on any atom is -0.219 e. The van der Waals surface area contributed by atoms with E-state index in [9.17, 15) is 0 Å². The van der Waals surface area contributed by atoms with Crippen molar-refractivity contribution in [1.29, 1.82) is 0 Å². The van der Waals surface area contributed by atoms with Crippen LogP contribution in [0.2, 0.25) is 0 Å². The van der Waals surface area contributed by atoms with E-state index in [0.29, 0.717) is 0 Å². The van der Waals surface area contributed by atoms with Gasteiger partial charge in [-0.25, -0.2) is 10.5 Å². The highest BCUT2D eigenvalue weighted by Crippen LogP contribution is 1.99. The first-order valence-corrected chi connectivity index (χ1v) is 10.9. The lowest BCUT2D eigenvalue weighted by Gasteiger charge is -2.00. The zero-order valence-corrected chi connectivity index (χ0v) is 27.0. The van der Waals surface area contributed by atoms with Crippen molar-refractivity contribution < 1.29 is 333 Å². The Balaban J connectivity index is 3.06. The number of rotatable bonds is 63. The summed E-state index contributed by atoms with van der Waals surface area (Å²) in [6.45, 7) is 0. The fourth-order valence-electron chi connectivity index (χ4n) is 0.705. The highest BCUT2D eigenvalue weighted by atomic mass is 18.1. The Labute approximate surface area is 335 Å². The van der Waals surface area contributed by atoms with E-state index in [1.54, 1.807) is 0 Å². The van der Waals surface area contributed by atoms with Crippen LogP contribution in [-0.2, 0) is 322 Å². The van der Waals surface area contributed by atoms with Gasteiger partial charge >= 0.3 is 0 Å². The first-order valence-electron chi connectivity index (χ1n) is 10.9. The molecular weight excluding hydrogens is 1060 g/mol. The van der Waals surface area contributed by atoms with Gasteiger partial charge in [-0.2, -0.15) is 0 Å². The van der Waals surface area contributed by atoms with Crippen molar-refractivity contribution in [2.75, 3.05) is 0 Å². The first kappa shape index (κ1) is 63.4. The van der Waals surface area contributed by atoms with Gasteiger partial charge < -0.3 is 0 Å². The maximum atomic E-state index is 7.57. The third kappa shape index (κ3) is 61.4. The lowest BCUT2D eigenvalue weighted by Crippen LogP contribution is -2.07. The molecule has 0 rings (SSSR count). The minimum atomic E-state index is 2.87. The first-order chi connectivity index (χ1) is 32.9. The minimum absolute atomic E-state index is 2.87. The van der Waals surface area contributed by atoms with Gasteiger partial charge in [0, 0.05) is 242 Å². The molecule has 0 spiro atoms. The molecule has 0 amide bonds. The topological polar surface area (TPSA) is 631 Å². The van der Waals surface area contributed by atoms with Crippen molar-refractivity contribution >= 4 is 0 Å². The lowest BCUT2D eigenvalue weighted by molar-refractivity contribution is -0.912. The zero-order valence-electron chi connectivity index (χ0n) is 27.0. The van der Waals surface area contributed by atoms with Crippen LogP contribution in [0.15, 0.2) is 0 Å². The Morgan fingerprint density at radius 1 is 0.0758 bits per heavy atom. The van der Waals surface area contributed by atoms with Crippen molar-refractivity contribution in [1.82, 2.24) is 0 Å². The molecule has 0 fully saturated rings. The molecule has 0 unspecified atom stereocenters. The molecule has 66 heavy (non-hydrogen) atoms. The second-order valence-corrected chi connectivity index (χ2v) is 4.37. The Morgan fingerprint density at radius 3 is 0.167 bits per heavy atom. The van der Waals surface area contributed by atoms with Crippen LogP contribution >= 0.6 is 0 Å². The summed E-state index contributed by atoms with van der Waals surface area (Å²) < 4.78 is 0. The molecule has 0 heterocycles. The molecule has 0 bridgehead atoms. The summed E-state index contributed by atoms with van der Waals surface area (Å²) in [6, 6.07) is 0. The summed E-state index contributed by atoms with van der Waals surface area (Å²) in [5.41, 5.74) is 0. The van der Waals surface area contributed by atoms with Crippen LogP contribution < -0.4 is 0 Å². The molecule has 0 radical (unpaired) electrons. The van der Waals surface area contributed by atoms with Crippen LogP contribution in [0.5, 0.6) is 0 Å². The van der Waals surface area contributed by atoms with Crippen LogP contribution in [0.1, 0.15) is 0 Å². The van der Waals surface area contributed by atoms with E-state index in [4.69, 9.17) is 10.5 Å². The number of hydrogen-bond donors (Lipinski definition) is 2. The average molecular weight is 1060 g/mol. The summed E-state index contributed by atoms with van der Waals surface area (Å²) in [5.74, 6) is 0. The monoisotopic (exact) mass is 1060 g/mol. The Hall–Kier alpha value is -2.64. The highest BCUT2D eigenvalue weighted by molar-refractivity contribution is 3.14. The van der Waals surface area contributed by atoms with Gasteiger partial charge in [0.25, 0.3) is 0 Å². The van der Waals surface area contributed by atoms with E-state index < -0.39 is 0 Å². The van der Waals surface area contributed by atoms with Gasteiger partial charge in [-0.15, -0.1) is 0 Å². The molecule has 66 nitrogen and oxygen atoms in total. The zero-order chi connectivity index (χ0) is 47.3. The van der Waals surface area contributed by atoms with Gasteiger partial charge in [-0.05, 0) is 80.6 Å². The van der Waals surface area contributed by atoms with Crippen LogP contribution in [0.25, 0.3) is 0 Å². The standard InChI is InChI=1S/H2O66/c1-3-5-7-9-11-13-15-17-19-21-23-25-27-29-31-33-35-37-39-41-43-45-47-49-51-53-55-57-59-61-63-65-66-64-62-60-58-56-54-52-50-48-46-44-42-40-38-36-34-32-30-28-26-24-22-20-18-16-14-12-10-8-6-4-2/h1-2H. The predicted molar refractivity (Wildman–Crippen MR) is 74.7 cm³/mol. The smallest absolute Gasteiger partial charge is 0 e. The molecule has 0 saturated carbocycles. The van der Waals surface area contributed by atoms with Crippen molar-refractivity contribution in [3.63, 3.8) is 0 Å². The van der Waals surface area contributed by atoms with E-state index in [1.807, 2.05) is 0 Å². The molecule has 2 N–H and O–H groups in total. The molecule has 398 valence electrons. The molecule has 0 aromatic carbocycles. The van der Waals surface area contributed by atoms with E-state index in [2.05, 4.69) is 322 Å². The normalized spacial score (nSPS) is 11.7. The van der Waals surface area contributed by atoms with E-state index in [0.717, 1.165) is 0 Å². The van der Waals surface area contributed by atoms with Crippen molar-refractivity contribution in [2.45, 2.75) is 0 Å². The summed E-state index contributed by atoms with van der Waals surface area (Å²) in [7, 11) is 0. The van der Waals surface area contributed by atoms with Gasteiger partial charge in [0.1, 0.15) is 0 Å². The maximum Gasteiger partial charge on any atom is 0 e. The summed E-state index contributed by atoms with van der Waals surface area (Å²) in [5, 5.41) is 236. The van der Waals surface area contributed by atoms with Crippen LogP contribution in [0.4, 0.5) is 0 Å². The van der Waals surface area contributed by atoms with E-state index in [1.165, 1.54) is 0 Å². The Morgan fingerprint density at radius 2 is 0.121 bits per heavy atom. The molecule has 66 heteroatoms. The molecular formula is H2O66. The fourth-order valence-corrected chi connectivity index (χ4v) is 0.705. The molecule has 0 aliphatic carbocycles. The van der Waals surface area contributed by atoms with E-state index >= 15 is 0 Å². The molecule has 0 aromatic heterocycles. The van der Waals surface area contributed by atoms with E-state index in [-0.39, 0.29) is 0 Å². The molecule has 0 aliphatic rings. The van der Waals surface area contributed by atoms with Gasteiger partial charge in [0.05, 0.1) is 0 Å². The van der Waals surface area contributed by atoms with Crippen LogP contribution in [0.3, 0.4) is 0 Å². The van der Waals surface area contributed by atoms with Gasteiger partial charge in [-0.3, -0.25) is 0 Å². The predicted octanol–water partition coefficient (Wildman–Crippen LogP) is -4.36. The van der Waals surface area contributed by atoms with Gasteiger partial charge in [0.2, 0.25) is 0 Å². The summed E-state index contributed by atoms with van der Waals surface area (Å²) in [4.78, 5) is 0. The molecule has 0 aromatic rings. The second kappa shape index (κ2) is 62.4. The molecule has 0 aliphatic heterocycles. The van der Waals surface area contributed by atoms with Gasteiger partial charge in [0.15, 0.2) is 0 Å². The highest BCUT2D eigenvalue weighted by Gasteiger charge is 2.06. The average Bonchev–Trinajstić information content (AvgIpc) is 3.33. The third-order valence-electron chi connectivity index (χ3n) is 1.76. The van der Waals surface area contributed by atoms with Crippen LogP contribution in [0, 0.1) is 0 Å². The van der Waals surface area contributed by atoms with Crippen molar-refractivity contribution in [3.8, 4) is 0 Å². The Kier molecular flexibility index (Phi) is 59.9. The summed E-state index contributed by atoms with van der Waals surface area (Å²) in [6.07, 6.45) is 0. The summed E-state index contributed by atoms with van der Waals surface area (Å²) >= 11 is 0. The van der Waals surface area contributed by atoms with Gasteiger partial charge in [-0.1, -0.05) is 0 Å². The largest absolute Gasteiger partial charge is 0.219 e. The molecule has 0 saturated heterocycles. The second-order valence-electron chi connectivity index (χ2n) is 4.37. The van der Waals surface area contributed by atoms with Crippen LogP contribution in [-0.4, -0.2) is 10.5 Å². The fraction of sp³-hybridized carbons (Fsp3) is 0.